The van der Waals surface area contributed by atoms with Crippen LogP contribution < -0.4 is 20.7 Å². The summed E-state index contributed by atoms with van der Waals surface area (Å²) in [5, 5.41) is 9.12. The van der Waals surface area contributed by atoms with Crippen molar-refractivity contribution in [3.63, 3.8) is 0 Å². The van der Waals surface area contributed by atoms with Crippen LogP contribution in [-0.2, 0) is 9.59 Å². The van der Waals surface area contributed by atoms with Crippen LogP contribution in [0, 0.1) is 5.92 Å². The van der Waals surface area contributed by atoms with E-state index in [0.29, 0.717) is 11.4 Å². The van der Waals surface area contributed by atoms with E-state index < -0.39 is 6.04 Å². The molecule has 0 aliphatic carbocycles. The molecule has 0 saturated carbocycles. The molecule has 2 unspecified atom stereocenters. The second kappa shape index (κ2) is 11.7. The number of nitrogens with one attached hydrogen (secondary N) is 3. The van der Waals surface area contributed by atoms with Crippen LogP contribution in [0.1, 0.15) is 32.4 Å². The van der Waals surface area contributed by atoms with Crippen molar-refractivity contribution in [2.24, 2.45) is 5.92 Å². The summed E-state index contributed by atoms with van der Waals surface area (Å²) >= 11 is 0. The minimum absolute atomic E-state index is 0.0849. The Morgan fingerprint density at radius 1 is 0.788 bits per heavy atom. The molecule has 6 nitrogen and oxygen atoms in total. The molecule has 0 radical (unpaired) electrons. The SMILES string of the molecule is CC(Nc1ccc(NC(=O)C(NC(=O)COc2ccccc2)C(C)C)cc1)c1ccccc1. The number of hydrogen-bond donors (Lipinski definition) is 3. The average Bonchev–Trinajstić information content (AvgIpc) is 2.83. The lowest BCUT2D eigenvalue weighted by molar-refractivity contribution is -0.128. The molecule has 6 heteroatoms. The number of carbonyl (C=O) groups excluding carboxylic acids is 2. The molecule has 2 amide bonds. The summed E-state index contributed by atoms with van der Waals surface area (Å²) in [6.07, 6.45) is 0. The van der Waals surface area contributed by atoms with E-state index in [2.05, 4.69) is 35.0 Å². The van der Waals surface area contributed by atoms with Gasteiger partial charge in [0.1, 0.15) is 11.8 Å². The highest BCUT2D eigenvalue weighted by atomic mass is 16.5. The Kier molecular flexibility index (Phi) is 8.47. The Bertz CT molecular complexity index is 1020. The van der Waals surface area contributed by atoms with Gasteiger partial charge in [0.25, 0.3) is 5.91 Å². The van der Waals surface area contributed by atoms with Crippen LogP contribution in [0.4, 0.5) is 11.4 Å². The number of hydrogen-bond acceptors (Lipinski definition) is 4. The molecule has 3 N–H and O–H groups in total. The van der Waals surface area contributed by atoms with Crippen LogP contribution in [0.3, 0.4) is 0 Å². The quantitative estimate of drug-likeness (QED) is 0.409. The summed E-state index contributed by atoms with van der Waals surface area (Å²) in [5.41, 5.74) is 2.82. The minimum Gasteiger partial charge on any atom is -0.484 e. The van der Waals surface area contributed by atoms with Crippen LogP contribution in [0.5, 0.6) is 5.75 Å². The predicted octanol–water partition coefficient (Wildman–Crippen LogP) is 5.02. The van der Waals surface area contributed by atoms with E-state index in [1.54, 1.807) is 12.1 Å². The molecule has 0 fully saturated rings. The van der Waals surface area contributed by atoms with Gasteiger partial charge in [0.15, 0.2) is 6.61 Å². The van der Waals surface area contributed by atoms with Gasteiger partial charge in [-0.2, -0.15) is 0 Å². The van der Waals surface area contributed by atoms with Crippen molar-refractivity contribution in [2.75, 3.05) is 17.2 Å². The van der Waals surface area contributed by atoms with Crippen LogP contribution in [-0.4, -0.2) is 24.5 Å². The van der Waals surface area contributed by atoms with Crippen LogP contribution in [0.15, 0.2) is 84.9 Å². The maximum atomic E-state index is 12.8. The molecular weight excluding hydrogens is 414 g/mol. The van der Waals surface area contributed by atoms with Crippen molar-refractivity contribution in [1.29, 1.82) is 0 Å². The van der Waals surface area contributed by atoms with E-state index in [4.69, 9.17) is 4.74 Å². The van der Waals surface area contributed by atoms with Gasteiger partial charge in [0.2, 0.25) is 5.91 Å². The Morgan fingerprint density at radius 2 is 1.36 bits per heavy atom. The van der Waals surface area contributed by atoms with Gasteiger partial charge < -0.3 is 20.7 Å². The molecule has 3 aromatic carbocycles. The largest absolute Gasteiger partial charge is 0.484 e. The molecule has 0 bridgehead atoms. The molecule has 0 aliphatic heterocycles. The second-order valence-corrected chi connectivity index (χ2v) is 8.23. The van der Waals surface area contributed by atoms with Gasteiger partial charge in [-0.25, -0.2) is 0 Å². The van der Waals surface area contributed by atoms with Gasteiger partial charge in [0, 0.05) is 17.4 Å². The number of rotatable bonds is 10. The summed E-state index contributed by atoms with van der Waals surface area (Å²) in [5.74, 6) is -0.0922. The molecule has 0 aliphatic rings. The molecule has 0 aromatic heterocycles. The summed E-state index contributed by atoms with van der Waals surface area (Å²) in [7, 11) is 0. The first-order valence-corrected chi connectivity index (χ1v) is 11.1. The number of para-hydroxylation sites is 1. The molecule has 0 spiro atoms. The van der Waals surface area contributed by atoms with Crippen LogP contribution >= 0.6 is 0 Å². The van der Waals surface area contributed by atoms with Gasteiger partial charge in [0.05, 0.1) is 0 Å². The van der Waals surface area contributed by atoms with Gasteiger partial charge in [-0.05, 0) is 54.8 Å². The van der Waals surface area contributed by atoms with Crippen molar-refractivity contribution in [1.82, 2.24) is 5.32 Å². The lowest BCUT2D eigenvalue weighted by Gasteiger charge is -2.22. The summed E-state index contributed by atoms with van der Waals surface area (Å²) < 4.78 is 5.47. The van der Waals surface area contributed by atoms with E-state index in [9.17, 15) is 9.59 Å². The van der Waals surface area contributed by atoms with Gasteiger partial charge in [-0.3, -0.25) is 9.59 Å². The third-order valence-electron chi connectivity index (χ3n) is 5.21. The summed E-state index contributed by atoms with van der Waals surface area (Å²) in [6, 6.07) is 26.3. The minimum atomic E-state index is -0.673. The average molecular weight is 446 g/mol. The zero-order chi connectivity index (χ0) is 23.6. The number of ether oxygens (including phenoxy) is 1. The van der Waals surface area contributed by atoms with Crippen molar-refractivity contribution in [3.8, 4) is 5.75 Å². The Morgan fingerprint density at radius 3 is 1.97 bits per heavy atom. The normalized spacial score (nSPS) is 12.5. The Balaban J connectivity index is 1.53. The molecule has 3 rings (SSSR count). The number of anilines is 2. The Labute approximate surface area is 195 Å². The summed E-state index contributed by atoms with van der Waals surface area (Å²) in [6.45, 7) is 5.73. The predicted molar refractivity (Wildman–Crippen MR) is 132 cm³/mol. The zero-order valence-corrected chi connectivity index (χ0v) is 19.2. The van der Waals surface area contributed by atoms with Crippen molar-refractivity contribution in [2.45, 2.75) is 32.9 Å². The fourth-order valence-corrected chi connectivity index (χ4v) is 3.36. The fraction of sp³-hybridized carbons (Fsp3) is 0.259. The lowest BCUT2D eigenvalue weighted by Crippen LogP contribution is -2.48. The number of carbonyl (C=O) groups is 2. The van der Waals surface area contributed by atoms with E-state index in [-0.39, 0.29) is 30.4 Å². The van der Waals surface area contributed by atoms with Gasteiger partial charge in [-0.1, -0.05) is 62.4 Å². The number of amides is 2. The van der Waals surface area contributed by atoms with Crippen molar-refractivity contribution < 1.29 is 14.3 Å². The fourth-order valence-electron chi connectivity index (χ4n) is 3.36. The van der Waals surface area contributed by atoms with Crippen LogP contribution in [0.25, 0.3) is 0 Å². The Hall–Kier alpha value is -3.80. The monoisotopic (exact) mass is 445 g/mol. The smallest absolute Gasteiger partial charge is 0.258 e. The third-order valence-corrected chi connectivity index (χ3v) is 5.21. The van der Waals surface area contributed by atoms with Gasteiger partial charge >= 0.3 is 0 Å². The highest BCUT2D eigenvalue weighted by Gasteiger charge is 2.24. The van der Waals surface area contributed by atoms with E-state index >= 15 is 0 Å². The highest BCUT2D eigenvalue weighted by molar-refractivity contribution is 5.97. The maximum absolute atomic E-state index is 12.8. The first-order chi connectivity index (χ1) is 15.9. The highest BCUT2D eigenvalue weighted by Crippen LogP contribution is 2.21. The topological polar surface area (TPSA) is 79.5 Å². The van der Waals surface area contributed by atoms with E-state index in [0.717, 1.165) is 5.69 Å². The zero-order valence-electron chi connectivity index (χ0n) is 19.2. The molecule has 0 saturated heterocycles. The van der Waals surface area contributed by atoms with Crippen LogP contribution in [0.2, 0.25) is 0 Å². The molecule has 3 aromatic rings. The first kappa shape index (κ1) is 23.9. The molecule has 33 heavy (non-hydrogen) atoms. The molecular formula is C27H31N3O3. The first-order valence-electron chi connectivity index (χ1n) is 11.1. The molecule has 172 valence electrons. The van der Waals surface area contributed by atoms with E-state index in [1.807, 2.05) is 74.5 Å². The molecule has 0 heterocycles. The van der Waals surface area contributed by atoms with E-state index in [1.165, 1.54) is 5.56 Å². The standard InChI is InChI=1S/C27H31N3O3/c1-19(2)26(30-25(31)18-33-24-12-8-5-9-13-24)27(32)29-23-16-14-22(15-17-23)28-20(3)21-10-6-4-7-11-21/h4-17,19-20,26,28H,18H2,1-3H3,(H,29,32)(H,30,31). The maximum Gasteiger partial charge on any atom is 0.258 e. The summed E-state index contributed by atoms with van der Waals surface area (Å²) in [4.78, 5) is 25.2. The third kappa shape index (κ3) is 7.38. The van der Waals surface area contributed by atoms with Gasteiger partial charge in [-0.15, -0.1) is 0 Å². The molecule has 2 atom stereocenters. The van der Waals surface area contributed by atoms with Crippen molar-refractivity contribution >= 4 is 23.2 Å². The lowest BCUT2D eigenvalue weighted by atomic mass is 10.0. The number of benzene rings is 3. The second-order valence-electron chi connectivity index (χ2n) is 8.23. The van der Waals surface area contributed by atoms with Crippen molar-refractivity contribution in [3.05, 3.63) is 90.5 Å².